The topological polar surface area (TPSA) is 35.2 Å². The molecule has 0 aliphatic carbocycles. The van der Waals surface area contributed by atoms with Gasteiger partial charge in [-0.15, -0.1) is 11.3 Å². The fourth-order valence-electron chi connectivity index (χ4n) is 1.48. The number of hydrogen-bond acceptors (Lipinski definition) is 3. The maximum Gasteiger partial charge on any atom is 0.120 e. The van der Waals surface area contributed by atoms with Crippen molar-refractivity contribution in [3.8, 4) is 16.2 Å². The standard InChI is InChI=1S/C12H12ClNOS/c1-7-5-11(16-12(7)13)9-4-3-8(15-2)6-10(9)14/h3-6H,14H2,1-2H3. The SMILES string of the molecule is COc1ccc(-c2cc(C)c(Cl)s2)c(N)c1. The first-order valence-electron chi connectivity index (χ1n) is 4.81. The van der Waals surface area contributed by atoms with Gasteiger partial charge in [0, 0.05) is 22.2 Å². The van der Waals surface area contributed by atoms with Gasteiger partial charge in [-0.25, -0.2) is 0 Å². The number of halogens is 1. The van der Waals surface area contributed by atoms with E-state index in [4.69, 9.17) is 22.1 Å². The zero-order valence-electron chi connectivity index (χ0n) is 9.08. The van der Waals surface area contributed by atoms with Gasteiger partial charge in [-0.2, -0.15) is 0 Å². The number of nitrogens with two attached hydrogens (primary N) is 1. The van der Waals surface area contributed by atoms with Gasteiger partial charge in [-0.05, 0) is 30.7 Å². The first kappa shape index (κ1) is 11.3. The van der Waals surface area contributed by atoms with Crippen LogP contribution < -0.4 is 10.5 Å². The van der Waals surface area contributed by atoms with Crippen molar-refractivity contribution in [1.29, 1.82) is 0 Å². The lowest BCUT2D eigenvalue weighted by molar-refractivity contribution is 0.415. The molecule has 1 aromatic heterocycles. The zero-order chi connectivity index (χ0) is 11.7. The second-order valence-corrected chi connectivity index (χ2v) is 5.17. The molecule has 0 bridgehead atoms. The molecule has 0 radical (unpaired) electrons. The quantitative estimate of drug-likeness (QED) is 0.822. The van der Waals surface area contributed by atoms with Crippen molar-refractivity contribution < 1.29 is 4.74 Å². The van der Waals surface area contributed by atoms with E-state index < -0.39 is 0 Å². The van der Waals surface area contributed by atoms with E-state index >= 15 is 0 Å². The molecule has 0 aliphatic rings. The summed E-state index contributed by atoms with van der Waals surface area (Å²) in [6, 6.07) is 7.72. The Balaban J connectivity index is 2.48. The van der Waals surface area contributed by atoms with Crippen LogP contribution in [0.4, 0.5) is 5.69 Å². The van der Waals surface area contributed by atoms with Crippen molar-refractivity contribution >= 4 is 28.6 Å². The fourth-order valence-corrected chi connectivity index (χ4v) is 2.73. The normalized spacial score (nSPS) is 10.4. The first-order valence-corrected chi connectivity index (χ1v) is 6.01. The van der Waals surface area contributed by atoms with E-state index in [-0.39, 0.29) is 0 Å². The van der Waals surface area contributed by atoms with Crippen molar-refractivity contribution in [2.75, 3.05) is 12.8 Å². The average molecular weight is 254 g/mol. The summed E-state index contributed by atoms with van der Waals surface area (Å²) in [7, 11) is 1.63. The highest BCUT2D eigenvalue weighted by Crippen LogP contribution is 2.38. The van der Waals surface area contributed by atoms with Crippen molar-refractivity contribution in [3.63, 3.8) is 0 Å². The Morgan fingerprint density at radius 2 is 2.06 bits per heavy atom. The van der Waals surface area contributed by atoms with Crippen LogP contribution in [0.3, 0.4) is 0 Å². The molecule has 16 heavy (non-hydrogen) atoms. The Kier molecular flexibility index (Phi) is 3.08. The van der Waals surface area contributed by atoms with Gasteiger partial charge in [0.1, 0.15) is 5.75 Å². The molecule has 4 heteroatoms. The van der Waals surface area contributed by atoms with Crippen LogP contribution in [0.2, 0.25) is 4.34 Å². The maximum atomic E-state index is 6.04. The minimum Gasteiger partial charge on any atom is -0.497 e. The molecule has 0 aliphatic heterocycles. The second kappa shape index (κ2) is 4.36. The number of rotatable bonds is 2. The maximum absolute atomic E-state index is 6.04. The molecule has 2 nitrogen and oxygen atoms in total. The molecular weight excluding hydrogens is 242 g/mol. The Morgan fingerprint density at radius 3 is 2.56 bits per heavy atom. The van der Waals surface area contributed by atoms with Gasteiger partial charge in [0.05, 0.1) is 11.4 Å². The molecule has 0 saturated heterocycles. The summed E-state index contributed by atoms with van der Waals surface area (Å²) >= 11 is 7.58. The summed E-state index contributed by atoms with van der Waals surface area (Å²) in [6.45, 7) is 1.99. The molecule has 0 fully saturated rings. The number of benzene rings is 1. The van der Waals surface area contributed by atoms with Gasteiger partial charge in [-0.1, -0.05) is 11.6 Å². The van der Waals surface area contributed by atoms with Gasteiger partial charge < -0.3 is 10.5 Å². The minimum atomic E-state index is 0.706. The predicted molar refractivity (Wildman–Crippen MR) is 70.5 cm³/mol. The third-order valence-corrected chi connectivity index (χ3v) is 3.97. The van der Waals surface area contributed by atoms with Crippen LogP contribution in [0.1, 0.15) is 5.56 Å². The number of nitrogen functional groups attached to an aromatic ring is 1. The summed E-state index contributed by atoms with van der Waals surface area (Å²) in [5.74, 6) is 0.764. The van der Waals surface area contributed by atoms with Crippen LogP contribution in [0, 0.1) is 6.92 Å². The highest BCUT2D eigenvalue weighted by Gasteiger charge is 2.09. The monoisotopic (exact) mass is 253 g/mol. The Hall–Kier alpha value is -1.19. The van der Waals surface area contributed by atoms with Gasteiger partial charge in [0.2, 0.25) is 0 Å². The highest BCUT2D eigenvalue weighted by atomic mass is 35.5. The summed E-state index contributed by atoms with van der Waals surface area (Å²) in [5, 5.41) is 0. The lowest BCUT2D eigenvalue weighted by atomic mass is 10.1. The predicted octanol–water partition coefficient (Wildman–Crippen LogP) is 3.97. The number of anilines is 1. The van der Waals surface area contributed by atoms with Gasteiger partial charge in [0.15, 0.2) is 0 Å². The number of hydrogen-bond donors (Lipinski definition) is 1. The largest absolute Gasteiger partial charge is 0.497 e. The number of ether oxygens (including phenoxy) is 1. The Labute approximate surface area is 104 Å². The zero-order valence-corrected chi connectivity index (χ0v) is 10.7. The third kappa shape index (κ3) is 2.01. The van der Waals surface area contributed by atoms with E-state index in [1.807, 2.05) is 31.2 Å². The molecule has 2 N–H and O–H groups in total. The summed E-state index contributed by atoms with van der Waals surface area (Å²) < 4.78 is 5.92. The van der Waals surface area contributed by atoms with E-state index in [0.717, 1.165) is 26.1 Å². The third-order valence-electron chi connectivity index (χ3n) is 2.38. The second-order valence-electron chi connectivity index (χ2n) is 3.52. The van der Waals surface area contributed by atoms with Crippen LogP contribution in [0.5, 0.6) is 5.75 Å². The minimum absolute atomic E-state index is 0.706. The lowest BCUT2D eigenvalue weighted by Crippen LogP contribution is -1.90. The van der Waals surface area contributed by atoms with E-state index in [0.29, 0.717) is 5.69 Å². The summed E-state index contributed by atoms with van der Waals surface area (Å²) in [5.41, 5.74) is 8.76. The molecule has 0 saturated carbocycles. The summed E-state index contributed by atoms with van der Waals surface area (Å²) in [6.07, 6.45) is 0. The van der Waals surface area contributed by atoms with Crippen molar-refractivity contribution in [2.24, 2.45) is 0 Å². The molecule has 0 amide bonds. The summed E-state index contributed by atoms with van der Waals surface area (Å²) in [4.78, 5) is 1.09. The van der Waals surface area contributed by atoms with E-state index in [2.05, 4.69) is 0 Å². The Morgan fingerprint density at radius 1 is 1.31 bits per heavy atom. The molecule has 2 rings (SSSR count). The van der Waals surface area contributed by atoms with Crippen LogP contribution in [0.15, 0.2) is 24.3 Å². The van der Waals surface area contributed by atoms with Crippen molar-refractivity contribution in [1.82, 2.24) is 0 Å². The van der Waals surface area contributed by atoms with E-state index in [9.17, 15) is 0 Å². The fraction of sp³-hybridized carbons (Fsp3) is 0.167. The van der Waals surface area contributed by atoms with Crippen LogP contribution in [-0.4, -0.2) is 7.11 Å². The first-order chi connectivity index (χ1) is 7.61. The van der Waals surface area contributed by atoms with Crippen LogP contribution in [-0.2, 0) is 0 Å². The van der Waals surface area contributed by atoms with Gasteiger partial charge in [-0.3, -0.25) is 0 Å². The molecule has 0 atom stereocenters. The molecule has 0 spiro atoms. The molecular formula is C12H12ClNOS. The van der Waals surface area contributed by atoms with Crippen molar-refractivity contribution in [3.05, 3.63) is 34.2 Å². The van der Waals surface area contributed by atoms with E-state index in [1.54, 1.807) is 7.11 Å². The molecule has 1 aromatic carbocycles. The number of methoxy groups -OCH3 is 1. The number of aryl methyl sites for hydroxylation is 1. The van der Waals surface area contributed by atoms with Crippen LogP contribution >= 0.6 is 22.9 Å². The number of thiophene rings is 1. The molecule has 2 aromatic rings. The van der Waals surface area contributed by atoms with Crippen molar-refractivity contribution in [2.45, 2.75) is 6.92 Å². The highest BCUT2D eigenvalue weighted by molar-refractivity contribution is 7.19. The van der Waals surface area contributed by atoms with Gasteiger partial charge >= 0.3 is 0 Å². The average Bonchev–Trinajstić information content (AvgIpc) is 2.58. The van der Waals surface area contributed by atoms with Crippen LogP contribution in [0.25, 0.3) is 10.4 Å². The smallest absolute Gasteiger partial charge is 0.120 e. The lowest BCUT2D eigenvalue weighted by Gasteiger charge is -2.05. The molecule has 84 valence electrons. The van der Waals surface area contributed by atoms with E-state index in [1.165, 1.54) is 11.3 Å². The Bertz CT molecular complexity index is 502. The molecule has 0 unspecified atom stereocenters. The molecule has 1 heterocycles. The van der Waals surface area contributed by atoms with Gasteiger partial charge in [0.25, 0.3) is 0 Å².